The zero-order chi connectivity index (χ0) is 23.0. The van der Waals surface area contributed by atoms with E-state index in [9.17, 15) is 19.2 Å². The van der Waals surface area contributed by atoms with Crippen molar-refractivity contribution in [2.75, 3.05) is 13.1 Å². The number of aromatic amines is 1. The number of Topliss-reactive ketones (excluding diaryl/α,β-unsaturated/α-hetero) is 1. The first-order chi connectivity index (χ1) is 15.3. The summed E-state index contributed by atoms with van der Waals surface area (Å²) in [5.41, 5.74) is 2.92. The van der Waals surface area contributed by atoms with E-state index in [-0.39, 0.29) is 29.7 Å². The number of imide groups is 1. The molecule has 1 aliphatic heterocycles. The molecule has 0 radical (unpaired) electrons. The van der Waals surface area contributed by atoms with Crippen LogP contribution >= 0.6 is 35.0 Å². The van der Waals surface area contributed by atoms with Gasteiger partial charge in [-0.05, 0) is 54.8 Å². The number of thioether (sulfide) groups is 1. The number of rotatable bonds is 5. The second-order valence-electron chi connectivity index (χ2n) is 7.49. The quantitative estimate of drug-likeness (QED) is 0.594. The molecule has 2 N–H and O–H groups in total. The molecule has 2 aromatic rings. The summed E-state index contributed by atoms with van der Waals surface area (Å²) in [5.74, 6) is -0.788. The highest BCUT2D eigenvalue weighted by atomic mass is 35.5. The molecule has 0 atom stereocenters. The number of halogens is 2. The normalized spacial score (nSPS) is 17.3. The molecular formula is C22H19Cl2N3O4S. The number of carbonyl (C=O) groups is 4. The Balaban J connectivity index is 1.40. The number of nitrogens with zero attached hydrogens (tertiary/aromatic N) is 1. The van der Waals surface area contributed by atoms with Crippen LogP contribution in [-0.4, -0.2) is 45.8 Å². The van der Waals surface area contributed by atoms with Gasteiger partial charge in [-0.25, -0.2) is 0 Å². The Morgan fingerprint density at radius 3 is 2.78 bits per heavy atom. The summed E-state index contributed by atoms with van der Waals surface area (Å²) >= 11 is 13.0. The van der Waals surface area contributed by atoms with Gasteiger partial charge in [0.1, 0.15) is 5.69 Å². The van der Waals surface area contributed by atoms with Crippen LogP contribution in [0.4, 0.5) is 4.79 Å². The molecule has 1 fully saturated rings. The molecule has 1 aliphatic carbocycles. The Hall–Kier alpha value is -2.55. The molecule has 3 amide bonds. The average Bonchev–Trinajstić information content (AvgIpc) is 3.23. The summed E-state index contributed by atoms with van der Waals surface area (Å²) in [6, 6.07) is 5.03. The van der Waals surface area contributed by atoms with Gasteiger partial charge in [-0.2, -0.15) is 0 Å². The van der Waals surface area contributed by atoms with E-state index in [2.05, 4.69) is 10.3 Å². The van der Waals surface area contributed by atoms with Crippen LogP contribution in [0.3, 0.4) is 0 Å². The third-order valence-corrected chi connectivity index (χ3v) is 7.17. The number of amides is 3. The molecule has 4 rings (SSSR count). The van der Waals surface area contributed by atoms with Crippen LogP contribution in [0.25, 0.3) is 6.08 Å². The van der Waals surface area contributed by atoms with Gasteiger partial charge in [0.15, 0.2) is 5.78 Å². The number of benzene rings is 1. The Kier molecular flexibility index (Phi) is 6.46. The van der Waals surface area contributed by atoms with Crippen molar-refractivity contribution >= 4 is 63.9 Å². The lowest BCUT2D eigenvalue weighted by Crippen LogP contribution is -2.37. The Morgan fingerprint density at radius 1 is 1.25 bits per heavy atom. The second-order valence-corrected chi connectivity index (χ2v) is 9.27. The van der Waals surface area contributed by atoms with Gasteiger partial charge in [0.05, 0.1) is 15.0 Å². The largest absolute Gasteiger partial charge is 0.354 e. The number of aromatic nitrogens is 1. The predicted octanol–water partition coefficient (Wildman–Crippen LogP) is 4.62. The SMILES string of the molecule is Cc1c(C(=O)NCCN2C(=O)SC(=Cc3cccc(Cl)c3Cl)C2=O)[nH]c2c1C(=O)CCC2. The zero-order valence-corrected chi connectivity index (χ0v) is 19.4. The van der Waals surface area contributed by atoms with E-state index < -0.39 is 11.1 Å². The maximum atomic E-state index is 12.7. The van der Waals surface area contributed by atoms with E-state index >= 15 is 0 Å². The van der Waals surface area contributed by atoms with Gasteiger partial charge in [-0.15, -0.1) is 0 Å². The molecular weight excluding hydrogens is 473 g/mol. The minimum Gasteiger partial charge on any atom is -0.354 e. The van der Waals surface area contributed by atoms with Crippen molar-refractivity contribution in [3.05, 3.63) is 61.2 Å². The molecule has 166 valence electrons. The van der Waals surface area contributed by atoms with Crippen LogP contribution in [0.1, 0.15) is 50.5 Å². The molecule has 0 bridgehead atoms. The summed E-state index contributed by atoms with van der Waals surface area (Å²) in [6.07, 6.45) is 3.51. The average molecular weight is 492 g/mol. The first kappa shape index (κ1) is 22.6. The van der Waals surface area contributed by atoms with Crippen molar-refractivity contribution < 1.29 is 19.2 Å². The third-order valence-electron chi connectivity index (χ3n) is 5.43. The first-order valence-electron chi connectivity index (χ1n) is 10.00. The zero-order valence-electron chi connectivity index (χ0n) is 17.1. The van der Waals surface area contributed by atoms with Crippen LogP contribution in [0.5, 0.6) is 0 Å². The van der Waals surface area contributed by atoms with Crippen LogP contribution in [-0.2, 0) is 11.2 Å². The summed E-state index contributed by atoms with van der Waals surface area (Å²) in [7, 11) is 0. The highest BCUT2D eigenvalue weighted by molar-refractivity contribution is 8.18. The van der Waals surface area contributed by atoms with E-state index in [1.165, 1.54) is 6.08 Å². The Labute approximate surface area is 198 Å². The first-order valence-corrected chi connectivity index (χ1v) is 11.6. The molecule has 2 aliphatic rings. The van der Waals surface area contributed by atoms with E-state index in [4.69, 9.17) is 23.2 Å². The molecule has 10 heteroatoms. The highest BCUT2D eigenvalue weighted by Gasteiger charge is 2.35. The topological polar surface area (TPSA) is 99.3 Å². The van der Waals surface area contributed by atoms with E-state index in [1.807, 2.05) is 0 Å². The number of carbonyl (C=O) groups excluding carboxylic acids is 4. The maximum Gasteiger partial charge on any atom is 0.293 e. The minimum atomic E-state index is -0.456. The summed E-state index contributed by atoms with van der Waals surface area (Å²) in [6.45, 7) is 1.85. The van der Waals surface area contributed by atoms with Gasteiger partial charge < -0.3 is 10.3 Å². The van der Waals surface area contributed by atoms with Gasteiger partial charge in [0.2, 0.25) is 0 Å². The fourth-order valence-corrected chi connectivity index (χ4v) is 5.06. The second kappa shape index (κ2) is 9.13. The molecule has 0 spiro atoms. The van der Waals surface area contributed by atoms with E-state index in [0.717, 1.165) is 35.2 Å². The predicted molar refractivity (Wildman–Crippen MR) is 124 cm³/mol. The molecule has 0 saturated carbocycles. The summed E-state index contributed by atoms with van der Waals surface area (Å²) in [5, 5.41) is 2.95. The third kappa shape index (κ3) is 4.22. The van der Waals surface area contributed by atoms with Crippen molar-refractivity contribution in [3.8, 4) is 0 Å². The molecule has 1 saturated heterocycles. The van der Waals surface area contributed by atoms with Crippen LogP contribution in [0.15, 0.2) is 23.1 Å². The van der Waals surface area contributed by atoms with Crippen molar-refractivity contribution in [2.24, 2.45) is 0 Å². The molecule has 32 heavy (non-hydrogen) atoms. The minimum absolute atomic E-state index is 0.0232. The maximum absolute atomic E-state index is 12.7. The molecule has 2 heterocycles. The highest BCUT2D eigenvalue weighted by Crippen LogP contribution is 2.35. The van der Waals surface area contributed by atoms with E-state index in [1.54, 1.807) is 25.1 Å². The fraction of sp³-hybridized carbons (Fsp3) is 0.273. The lowest BCUT2D eigenvalue weighted by atomic mass is 9.94. The molecule has 0 unspecified atom stereocenters. The number of aryl methyl sites for hydroxylation is 1. The number of nitrogens with one attached hydrogen (secondary N) is 2. The fourth-order valence-electron chi connectivity index (χ4n) is 3.84. The smallest absolute Gasteiger partial charge is 0.293 e. The summed E-state index contributed by atoms with van der Waals surface area (Å²) < 4.78 is 0. The van der Waals surface area contributed by atoms with Gasteiger partial charge in [-0.3, -0.25) is 24.1 Å². The molecule has 1 aromatic carbocycles. The monoisotopic (exact) mass is 491 g/mol. The Morgan fingerprint density at radius 2 is 2.03 bits per heavy atom. The van der Waals surface area contributed by atoms with Crippen LogP contribution in [0, 0.1) is 6.92 Å². The van der Waals surface area contributed by atoms with Crippen LogP contribution in [0.2, 0.25) is 10.0 Å². The van der Waals surface area contributed by atoms with Crippen LogP contribution < -0.4 is 5.32 Å². The van der Waals surface area contributed by atoms with E-state index in [0.29, 0.717) is 38.9 Å². The van der Waals surface area contributed by atoms with Crippen molar-refractivity contribution in [3.63, 3.8) is 0 Å². The molecule has 7 nitrogen and oxygen atoms in total. The number of fused-ring (bicyclic) bond motifs is 1. The number of hydrogen-bond acceptors (Lipinski definition) is 5. The lowest BCUT2D eigenvalue weighted by Gasteiger charge is -2.13. The van der Waals surface area contributed by atoms with Crippen molar-refractivity contribution in [1.29, 1.82) is 0 Å². The van der Waals surface area contributed by atoms with Gasteiger partial charge in [0, 0.05) is 30.8 Å². The lowest BCUT2D eigenvalue weighted by molar-refractivity contribution is -0.122. The Bertz CT molecular complexity index is 1190. The van der Waals surface area contributed by atoms with Gasteiger partial charge in [0.25, 0.3) is 17.1 Å². The molecule has 1 aromatic heterocycles. The number of ketones is 1. The number of hydrogen-bond donors (Lipinski definition) is 2. The van der Waals surface area contributed by atoms with Crippen molar-refractivity contribution in [2.45, 2.75) is 26.2 Å². The van der Waals surface area contributed by atoms with Crippen molar-refractivity contribution in [1.82, 2.24) is 15.2 Å². The van der Waals surface area contributed by atoms with Gasteiger partial charge >= 0.3 is 0 Å². The van der Waals surface area contributed by atoms with Gasteiger partial charge in [-0.1, -0.05) is 35.3 Å². The standard InChI is InChI=1S/C22H19Cl2N3O4S/c1-11-17-14(6-3-7-15(17)28)26-19(11)20(29)25-8-9-27-21(30)16(32-22(27)31)10-12-4-2-5-13(23)18(12)24/h2,4-5,10,26H,3,6-9H2,1H3,(H,25,29). The number of H-pyrrole nitrogens is 1. The summed E-state index contributed by atoms with van der Waals surface area (Å²) in [4.78, 5) is 54.1.